The molecule has 3 rings (SSSR count). The topological polar surface area (TPSA) is 38.1 Å². The molecule has 1 aliphatic heterocycles. The zero-order valence-electron chi connectivity index (χ0n) is 14.2. The first kappa shape index (κ1) is 17.6. The summed E-state index contributed by atoms with van der Waals surface area (Å²) in [6.45, 7) is 2.11. The van der Waals surface area contributed by atoms with Crippen LogP contribution >= 0.6 is 0 Å². The number of aromatic nitrogens is 2. The fourth-order valence-corrected chi connectivity index (χ4v) is 3.41. The van der Waals surface area contributed by atoms with E-state index >= 15 is 0 Å². The van der Waals surface area contributed by atoms with Crippen LogP contribution in [0, 0.1) is 17.6 Å². The second-order valence-electron chi connectivity index (χ2n) is 6.64. The zero-order chi connectivity index (χ0) is 17.6. The van der Waals surface area contributed by atoms with Gasteiger partial charge in [-0.1, -0.05) is 6.07 Å². The SMILES string of the molecule is O=C(CCn1cccn1)N1CCCC(CCc2ccc(F)cc2F)C1. The van der Waals surface area contributed by atoms with Crippen LogP contribution in [0.3, 0.4) is 0 Å². The maximum Gasteiger partial charge on any atom is 0.224 e. The molecule has 134 valence electrons. The minimum absolute atomic E-state index is 0.146. The van der Waals surface area contributed by atoms with Gasteiger partial charge in [0.1, 0.15) is 11.6 Å². The molecule has 1 atom stereocenters. The first-order valence-corrected chi connectivity index (χ1v) is 8.81. The lowest BCUT2D eigenvalue weighted by Crippen LogP contribution is -2.40. The largest absolute Gasteiger partial charge is 0.342 e. The molecule has 1 fully saturated rings. The first-order chi connectivity index (χ1) is 12.1. The number of halogens is 2. The Labute approximate surface area is 146 Å². The third-order valence-electron chi connectivity index (χ3n) is 4.82. The summed E-state index contributed by atoms with van der Waals surface area (Å²) >= 11 is 0. The number of rotatable bonds is 6. The van der Waals surface area contributed by atoms with Crippen molar-refractivity contribution in [3.8, 4) is 0 Å². The van der Waals surface area contributed by atoms with Crippen molar-refractivity contribution in [2.75, 3.05) is 13.1 Å². The molecular formula is C19H23F2N3O. The summed E-state index contributed by atoms with van der Waals surface area (Å²) in [6, 6.07) is 5.59. The number of amides is 1. The Bertz CT molecular complexity index is 703. The molecule has 1 unspecified atom stereocenters. The van der Waals surface area contributed by atoms with E-state index < -0.39 is 11.6 Å². The monoisotopic (exact) mass is 347 g/mol. The summed E-state index contributed by atoms with van der Waals surface area (Å²) in [6.07, 6.45) is 7.41. The highest BCUT2D eigenvalue weighted by molar-refractivity contribution is 5.76. The predicted molar refractivity (Wildman–Crippen MR) is 90.8 cm³/mol. The maximum atomic E-state index is 13.7. The van der Waals surface area contributed by atoms with E-state index in [4.69, 9.17) is 0 Å². The van der Waals surface area contributed by atoms with Gasteiger partial charge in [0.05, 0.1) is 0 Å². The standard InChI is InChI=1S/C19H23F2N3O/c20-17-7-6-16(18(21)13-17)5-4-15-3-1-10-23(14-15)19(25)8-12-24-11-2-9-22-24/h2,6-7,9,11,13,15H,1,3-5,8,10,12,14H2. The van der Waals surface area contributed by atoms with Crippen molar-refractivity contribution in [2.45, 2.75) is 38.6 Å². The number of carbonyl (C=O) groups excluding carboxylic acids is 1. The van der Waals surface area contributed by atoms with Gasteiger partial charge in [-0.2, -0.15) is 5.10 Å². The third-order valence-corrected chi connectivity index (χ3v) is 4.82. The number of hydrogen-bond acceptors (Lipinski definition) is 2. The zero-order valence-corrected chi connectivity index (χ0v) is 14.2. The number of benzene rings is 1. The van der Waals surface area contributed by atoms with Crippen molar-refractivity contribution in [1.29, 1.82) is 0 Å². The molecule has 0 saturated carbocycles. The van der Waals surface area contributed by atoms with Crippen LogP contribution in [-0.2, 0) is 17.8 Å². The summed E-state index contributed by atoms with van der Waals surface area (Å²) in [5.74, 6) is -0.518. The second kappa shape index (κ2) is 8.23. The van der Waals surface area contributed by atoms with Crippen LogP contribution in [0.15, 0.2) is 36.7 Å². The summed E-state index contributed by atoms with van der Waals surface area (Å²) < 4.78 is 28.5. The Morgan fingerprint density at radius 3 is 2.96 bits per heavy atom. The van der Waals surface area contributed by atoms with Crippen molar-refractivity contribution >= 4 is 5.91 Å². The number of carbonyl (C=O) groups is 1. The van der Waals surface area contributed by atoms with Crippen LogP contribution < -0.4 is 0 Å². The highest BCUT2D eigenvalue weighted by atomic mass is 19.1. The molecule has 0 bridgehead atoms. The number of likely N-dealkylation sites (tertiary alicyclic amines) is 1. The van der Waals surface area contributed by atoms with Gasteiger partial charge in [-0.05, 0) is 49.3 Å². The Hall–Kier alpha value is -2.24. The molecule has 2 aromatic rings. The maximum absolute atomic E-state index is 13.7. The fourth-order valence-electron chi connectivity index (χ4n) is 3.41. The lowest BCUT2D eigenvalue weighted by Gasteiger charge is -2.33. The Kier molecular flexibility index (Phi) is 5.79. The van der Waals surface area contributed by atoms with Crippen molar-refractivity contribution in [1.82, 2.24) is 14.7 Å². The van der Waals surface area contributed by atoms with Gasteiger partial charge in [-0.25, -0.2) is 8.78 Å². The Morgan fingerprint density at radius 2 is 2.20 bits per heavy atom. The molecule has 0 spiro atoms. The molecule has 0 aliphatic carbocycles. The highest BCUT2D eigenvalue weighted by Crippen LogP contribution is 2.23. The smallest absolute Gasteiger partial charge is 0.224 e. The van der Waals surface area contributed by atoms with Gasteiger partial charge < -0.3 is 4.90 Å². The molecule has 1 aliphatic rings. The van der Waals surface area contributed by atoms with E-state index in [-0.39, 0.29) is 5.91 Å². The van der Waals surface area contributed by atoms with Crippen molar-refractivity contribution in [3.05, 3.63) is 53.9 Å². The van der Waals surface area contributed by atoms with Gasteiger partial charge in [0.25, 0.3) is 0 Å². The van der Waals surface area contributed by atoms with Gasteiger partial charge in [0.15, 0.2) is 0 Å². The normalized spacial score (nSPS) is 17.7. The minimum atomic E-state index is -0.548. The molecule has 1 saturated heterocycles. The van der Waals surface area contributed by atoms with Crippen molar-refractivity contribution < 1.29 is 13.6 Å². The van der Waals surface area contributed by atoms with E-state index in [1.807, 2.05) is 17.2 Å². The van der Waals surface area contributed by atoms with Crippen LogP contribution in [0.1, 0.15) is 31.2 Å². The quantitative estimate of drug-likeness (QED) is 0.803. The second-order valence-corrected chi connectivity index (χ2v) is 6.64. The molecule has 2 heterocycles. The number of aryl methyl sites for hydroxylation is 2. The lowest BCUT2D eigenvalue weighted by atomic mass is 9.91. The summed E-state index contributed by atoms with van der Waals surface area (Å²) in [4.78, 5) is 14.3. The van der Waals surface area contributed by atoms with E-state index in [1.165, 1.54) is 12.1 Å². The van der Waals surface area contributed by atoms with Crippen LogP contribution in [0.2, 0.25) is 0 Å². The van der Waals surface area contributed by atoms with Crippen LogP contribution in [-0.4, -0.2) is 33.7 Å². The van der Waals surface area contributed by atoms with E-state index in [9.17, 15) is 13.6 Å². The highest BCUT2D eigenvalue weighted by Gasteiger charge is 2.23. The molecule has 1 aromatic carbocycles. The van der Waals surface area contributed by atoms with E-state index in [2.05, 4.69) is 5.10 Å². The Morgan fingerprint density at radius 1 is 1.32 bits per heavy atom. The summed E-state index contributed by atoms with van der Waals surface area (Å²) in [7, 11) is 0. The van der Waals surface area contributed by atoms with E-state index in [0.717, 1.165) is 38.4 Å². The third kappa shape index (κ3) is 4.87. The molecule has 25 heavy (non-hydrogen) atoms. The summed E-state index contributed by atoms with van der Waals surface area (Å²) in [5, 5.41) is 4.11. The van der Waals surface area contributed by atoms with Gasteiger partial charge in [0, 0.05) is 44.5 Å². The minimum Gasteiger partial charge on any atom is -0.342 e. The number of hydrogen-bond donors (Lipinski definition) is 0. The van der Waals surface area contributed by atoms with Crippen LogP contribution in [0.4, 0.5) is 8.78 Å². The van der Waals surface area contributed by atoms with Gasteiger partial charge in [0.2, 0.25) is 5.91 Å². The fraction of sp³-hybridized carbons (Fsp3) is 0.474. The van der Waals surface area contributed by atoms with Crippen molar-refractivity contribution in [3.63, 3.8) is 0 Å². The van der Waals surface area contributed by atoms with Crippen LogP contribution in [0.25, 0.3) is 0 Å². The molecular weight excluding hydrogens is 324 g/mol. The molecule has 0 N–H and O–H groups in total. The molecule has 0 radical (unpaired) electrons. The molecule has 1 aromatic heterocycles. The first-order valence-electron chi connectivity index (χ1n) is 8.81. The summed E-state index contributed by atoms with van der Waals surface area (Å²) in [5.41, 5.74) is 0.545. The van der Waals surface area contributed by atoms with E-state index in [1.54, 1.807) is 10.9 Å². The average Bonchev–Trinajstić information content (AvgIpc) is 3.13. The molecule has 6 heteroatoms. The lowest BCUT2D eigenvalue weighted by molar-refractivity contribution is -0.133. The van der Waals surface area contributed by atoms with Crippen molar-refractivity contribution in [2.24, 2.45) is 5.92 Å². The number of piperidine rings is 1. The predicted octanol–water partition coefficient (Wildman–Crippen LogP) is 3.42. The van der Waals surface area contributed by atoms with E-state index in [0.29, 0.717) is 30.9 Å². The van der Waals surface area contributed by atoms with Gasteiger partial charge in [-0.3, -0.25) is 9.48 Å². The van der Waals surface area contributed by atoms with Gasteiger partial charge in [-0.15, -0.1) is 0 Å². The van der Waals surface area contributed by atoms with Crippen LogP contribution in [0.5, 0.6) is 0 Å². The van der Waals surface area contributed by atoms with Gasteiger partial charge >= 0.3 is 0 Å². The number of nitrogens with zero attached hydrogens (tertiary/aromatic N) is 3. The Balaban J connectivity index is 1.48. The molecule has 4 nitrogen and oxygen atoms in total. The molecule has 1 amide bonds. The average molecular weight is 347 g/mol.